The van der Waals surface area contributed by atoms with Crippen LogP contribution < -0.4 is 16.0 Å². The zero-order valence-corrected chi connectivity index (χ0v) is 15.4. The zero-order valence-electron chi connectivity index (χ0n) is 12.3. The number of benzene rings is 1. The molecule has 0 spiro atoms. The third kappa shape index (κ3) is 8.77. The van der Waals surface area contributed by atoms with E-state index in [2.05, 4.69) is 20.9 Å². The number of carbonyl (C=O) groups is 1. The van der Waals surface area contributed by atoms with Crippen molar-refractivity contribution in [3.05, 3.63) is 34.9 Å². The highest BCUT2D eigenvalue weighted by Gasteiger charge is 2.02. The first-order chi connectivity index (χ1) is 9.65. The van der Waals surface area contributed by atoms with Crippen molar-refractivity contribution in [2.24, 2.45) is 4.99 Å². The molecule has 3 N–H and O–H groups in total. The summed E-state index contributed by atoms with van der Waals surface area (Å²) in [5, 5.41) is 9.60. The van der Waals surface area contributed by atoms with Crippen molar-refractivity contribution < 1.29 is 4.79 Å². The van der Waals surface area contributed by atoms with Crippen LogP contribution in [0, 0.1) is 0 Å². The molecule has 0 heterocycles. The first-order valence-corrected chi connectivity index (χ1v) is 6.99. The monoisotopic (exact) mass is 424 g/mol. The van der Waals surface area contributed by atoms with E-state index in [1.807, 2.05) is 31.2 Å². The minimum absolute atomic E-state index is 0. The van der Waals surface area contributed by atoms with Crippen LogP contribution in [0.25, 0.3) is 0 Å². The fourth-order valence-corrected chi connectivity index (χ4v) is 1.63. The Morgan fingerprint density at radius 1 is 1.19 bits per heavy atom. The summed E-state index contributed by atoms with van der Waals surface area (Å²) in [5.74, 6) is 0.549. The van der Waals surface area contributed by atoms with E-state index < -0.39 is 0 Å². The van der Waals surface area contributed by atoms with Gasteiger partial charge >= 0.3 is 0 Å². The Morgan fingerprint density at radius 2 is 1.86 bits per heavy atom. The summed E-state index contributed by atoms with van der Waals surface area (Å²) in [6.45, 7) is 3.53. The van der Waals surface area contributed by atoms with E-state index in [1.54, 1.807) is 7.05 Å². The van der Waals surface area contributed by atoms with E-state index in [0.29, 0.717) is 24.1 Å². The van der Waals surface area contributed by atoms with Crippen molar-refractivity contribution in [2.75, 3.05) is 20.1 Å². The number of aliphatic imine (C=N–C) groups is 1. The van der Waals surface area contributed by atoms with Crippen LogP contribution in [-0.4, -0.2) is 32.0 Å². The molecule has 0 radical (unpaired) electrons. The maximum absolute atomic E-state index is 11.5. The molecule has 0 bridgehead atoms. The number of nitrogens with one attached hydrogen (secondary N) is 3. The molecular weight excluding hydrogens is 403 g/mol. The lowest BCUT2D eigenvalue weighted by Crippen LogP contribution is -2.43. The predicted molar refractivity (Wildman–Crippen MR) is 98.4 cm³/mol. The van der Waals surface area contributed by atoms with Crippen LogP contribution in [0.15, 0.2) is 29.3 Å². The highest BCUT2D eigenvalue weighted by atomic mass is 127. The normalized spacial score (nSPS) is 10.5. The van der Waals surface area contributed by atoms with Gasteiger partial charge in [-0.1, -0.05) is 30.7 Å². The van der Waals surface area contributed by atoms with Gasteiger partial charge in [-0.05, 0) is 24.1 Å². The Hall–Kier alpha value is -1.02. The van der Waals surface area contributed by atoms with Gasteiger partial charge in [0.15, 0.2) is 5.96 Å². The molecular formula is C14H22ClIN4O. The number of rotatable bonds is 6. The standard InChI is InChI=1S/C14H21ClN4O.HI/c1-3-8-17-13(20)10-19-14(16-2)18-9-11-4-6-12(15)7-5-11;/h4-7H,3,8-10H2,1-2H3,(H,17,20)(H2,16,18,19);1H. The Morgan fingerprint density at radius 3 is 2.43 bits per heavy atom. The first-order valence-electron chi connectivity index (χ1n) is 6.61. The van der Waals surface area contributed by atoms with Crippen LogP contribution in [0.5, 0.6) is 0 Å². The minimum Gasteiger partial charge on any atom is -0.355 e. The lowest BCUT2D eigenvalue weighted by atomic mass is 10.2. The predicted octanol–water partition coefficient (Wildman–Crippen LogP) is 2.15. The lowest BCUT2D eigenvalue weighted by molar-refractivity contribution is -0.120. The second kappa shape index (κ2) is 11.6. The van der Waals surface area contributed by atoms with E-state index in [4.69, 9.17) is 11.6 Å². The molecule has 21 heavy (non-hydrogen) atoms. The quantitative estimate of drug-likeness (QED) is 0.372. The number of hydrogen-bond donors (Lipinski definition) is 3. The zero-order chi connectivity index (χ0) is 14.8. The molecule has 1 amide bonds. The van der Waals surface area contributed by atoms with Crippen LogP contribution >= 0.6 is 35.6 Å². The summed E-state index contributed by atoms with van der Waals surface area (Å²) < 4.78 is 0. The van der Waals surface area contributed by atoms with Crippen LogP contribution in [0.1, 0.15) is 18.9 Å². The van der Waals surface area contributed by atoms with Crippen molar-refractivity contribution in [2.45, 2.75) is 19.9 Å². The van der Waals surface area contributed by atoms with Gasteiger partial charge in [-0.2, -0.15) is 0 Å². The molecule has 1 aromatic carbocycles. The smallest absolute Gasteiger partial charge is 0.239 e. The summed E-state index contributed by atoms with van der Waals surface area (Å²) >= 11 is 5.83. The molecule has 0 aromatic heterocycles. The average Bonchev–Trinajstić information content (AvgIpc) is 2.47. The van der Waals surface area contributed by atoms with Gasteiger partial charge < -0.3 is 16.0 Å². The van der Waals surface area contributed by atoms with Crippen molar-refractivity contribution >= 4 is 47.4 Å². The molecule has 0 atom stereocenters. The second-order valence-electron chi connectivity index (χ2n) is 4.26. The van der Waals surface area contributed by atoms with E-state index >= 15 is 0 Å². The van der Waals surface area contributed by atoms with Gasteiger partial charge in [0.05, 0.1) is 6.54 Å². The molecule has 0 aliphatic carbocycles. The van der Waals surface area contributed by atoms with E-state index in [1.165, 1.54) is 0 Å². The van der Waals surface area contributed by atoms with Gasteiger partial charge in [-0.25, -0.2) is 0 Å². The molecule has 0 unspecified atom stereocenters. The largest absolute Gasteiger partial charge is 0.355 e. The Labute approximate surface area is 148 Å². The molecule has 0 aliphatic rings. The molecule has 0 saturated heterocycles. The fraction of sp³-hybridized carbons (Fsp3) is 0.429. The molecule has 0 aliphatic heterocycles. The van der Waals surface area contributed by atoms with E-state index in [9.17, 15) is 4.79 Å². The highest BCUT2D eigenvalue weighted by molar-refractivity contribution is 14.0. The summed E-state index contributed by atoms with van der Waals surface area (Å²) in [6, 6.07) is 7.56. The summed E-state index contributed by atoms with van der Waals surface area (Å²) in [6.07, 6.45) is 0.926. The van der Waals surface area contributed by atoms with Crippen molar-refractivity contribution in [1.29, 1.82) is 0 Å². The van der Waals surface area contributed by atoms with Crippen molar-refractivity contribution in [3.8, 4) is 0 Å². The van der Waals surface area contributed by atoms with Crippen LogP contribution in [0.3, 0.4) is 0 Å². The average molecular weight is 425 g/mol. The van der Waals surface area contributed by atoms with Gasteiger partial charge in [-0.15, -0.1) is 24.0 Å². The second-order valence-corrected chi connectivity index (χ2v) is 4.69. The maximum Gasteiger partial charge on any atom is 0.239 e. The number of guanidine groups is 1. The Kier molecular flexibility index (Phi) is 11.1. The van der Waals surface area contributed by atoms with Gasteiger partial charge in [-0.3, -0.25) is 9.79 Å². The number of amides is 1. The van der Waals surface area contributed by atoms with Crippen LogP contribution in [0.2, 0.25) is 5.02 Å². The molecule has 0 saturated carbocycles. The van der Waals surface area contributed by atoms with E-state index in [-0.39, 0.29) is 36.4 Å². The fourth-order valence-electron chi connectivity index (χ4n) is 1.50. The molecule has 7 heteroatoms. The third-order valence-electron chi connectivity index (χ3n) is 2.59. The maximum atomic E-state index is 11.5. The highest BCUT2D eigenvalue weighted by Crippen LogP contribution is 2.08. The molecule has 5 nitrogen and oxygen atoms in total. The molecule has 1 aromatic rings. The third-order valence-corrected chi connectivity index (χ3v) is 2.84. The Balaban J connectivity index is 0.00000400. The molecule has 0 fully saturated rings. The lowest BCUT2D eigenvalue weighted by Gasteiger charge is -2.12. The van der Waals surface area contributed by atoms with Crippen LogP contribution in [-0.2, 0) is 11.3 Å². The number of halogens is 2. The Bertz CT molecular complexity index is 451. The van der Waals surface area contributed by atoms with Crippen LogP contribution in [0.4, 0.5) is 0 Å². The van der Waals surface area contributed by atoms with Gasteiger partial charge in [0.25, 0.3) is 0 Å². The molecule has 118 valence electrons. The van der Waals surface area contributed by atoms with Gasteiger partial charge in [0.2, 0.25) is 5.91 Å². The topological polar surface area (TPSA) is 65.5 Å². The summed E-state index contributed by atoms with van der Waals surface area (Å²) in [5.41, 5.74) is 1.09. The SMILES string of the molecule is CCCNC(=O)CNC(=NC)NCc1ccc(Cl)cc1.I. The van der Waals surface area contributed by atoms with E-state index in [0.717, 1.165) is 12.0 Å². The summed E-state index contributed by atoms with van der Waals surface area (Å²) in [4.78, 5) is 15.5. The minimum atomic E-state index is -0.0405. The number of hydrogen-bond acceptors (Lipinski definition) is 2. The van der Waals surface area contributed by atoms with Gasteiger partial charge in [0, 0.05) is 25.2 Å². The van der Waals surface area contributed by atoms with Crippen molar-refractivity contribution in [1.82, 2.24) is 16.0 Å². The van der Waals surface area contributed by atoms with Gasteiger partial charge in [0.1, 0.15) is 0 Å². The number of carbonyl (C=O) groups excluding carboxylic acids is 1. The number of nitrogens with zero attached hydrogens (tertiary/aromatic N) is 1. The first kappa shape index (κ1) is 20.0. The van der Waals surface area contributed by atoms with Crippen molar-refractivity contribution in [3.63, 3.8) is 0 Å². The molecule has 1 rings (SSSR count). The summed E-state index contributed by atoms with van der Waals surface area (Å²) in [7, 11) is 1.67.